The van der Waals surface area contributed by atoms with E-state index in [4.69, 9.17) is 16.0 Å². The van der Waals surface area contributed by atoms with Crippen molar-refractivity contribution in [3.8, 4) is 0 Å². The molecular formula is C18H23ClN2O4S2. The third-order valence-electron chi connectivity index (χ3n) is 3.87. The number of halogens is 1. The Hall–Kier alpha value is -1.64. The second-order valence-corrected chi connectivity index (χ2v) is 9.46. The first-order valence-electron chi connectivity index (χ1n) is 8.33. The molecule has 1 atom stereocenters. The van der Waals surface area contributed by atoms with Gasteiger partial charge in [-0.2, -0.15) is 11.8 Å². The largest absolute Gasteiger partial charge is 0.468 e. The number of hydrogen-bond donors (Lipinski definition) is 1. The molecule has 0 aliphatic rings. The minimum atomic E-state index is -3.66. The van der Waals surface area contributed by atoms with Gasteiger partial charge in [0.1, 0.15) is 11.8 Å². The van der Waals surface area contributed by atoms with E-state index in [9.17, 15) is 13.2 Å². The normalized spacial score (nSPS) is 12.6. The van der Waals surface area contributed by atoms with Crippen LogP contribution >= 0.6 is 23.4 Å². The van der Waals surface area contributed by atoms with Crippen molar-refractivity contribution in [2.24, 2.45) is 0 Å². The lowest BCUT2D eigenvalue weighted by Gasteiger charge is -2.28. The number of amides is 1. The number of nitrogens with one attached hydrogen (secondary N) is 1. The molecule has 27 heavy (non-hydrogen) atoms. The summed E-state index contributed by atoms with van der Waals surface area (Å²) >= 11 is 7.74. The Morgan fingerprint density at radius 1 is 1.37 bits per heavy atom. The molecule has 2 aromatic rings. The highest BCUT2D eigenvalue weighted by Crippen LogP contribution is 2.26. The smallest absolute Gasteiger partial charge is 0.243 e. The van der Waals surface area contributed by atoms with Crippen LogP contribution in [0.15, 0.2) is 41.0 Å². The Morgan fingerprint density at radius 3 is 2.70 bits per heavy atom. The molecule has 1 heterocycles. The average molecular weight is 431 g/mol. The van der Waals surface area contributed by atoms with E-state index in [2.05, 4.69) is 5.32 Å². The summed E-state index contributed by atoms with van der Waals surface area (Å²) in [5, 5.41) is 3.23. The number of aryl methyl sites for hydroxylation is 1. The average Bonchev–Trinajstić information content (AvgIpc) is 3.10. The van der Waals surface area contributed by atoms with Crippen LogP contribution < -0.4 is 9.62 Å². The fraction of sp³-hybridized carbons (Fsp3) is 0.389. The summed E-state index contributed by atoms with van der Waals surface area (Å²) in [6.45, 7) is 3.81. The molecule has 9 heteroatoms. The summed E-state index contributed by atoms with van der Waals surface area (Å²) in [5.41, 5.74) is 1.20. The maximum Gasteiger partial charge on any atom is 0.243 e. The molecular weight excluding hydrogens is 408 g/mol. The maximum atomic E-state index is 12.5. The van der Waals surface area contributed by atoms with E-state index in [-0.39, 0.29) is 5.91 Å². The quantitative estimate of drug-likeness (QED) is 0.616. The molecule has 1 aromatic carbocycles. The highest BCUT2D eigenvalue weighted by molar-refractivity contribution is 7.98. The predicted molar refractivity (Wildman–Crippen MR) is 111 cm³/mol. The highest BCUT2D eigenvalue weighted by Gasteiger charge is 2.29. The number of nitrogens with zero attached hydrogens (tertiary/aromatic N) is 1. The zero-order valence-corrected chi connectivity index (χ0v) is 17.8. The van der Waals surface area contributed by atoms with Crippen molar-refractivity contribution in [2.75, 3.05) is 22.9 Å². The molecule has 148 valence electrons. The van der Waals surface area contributed by atoms with Crippen molar-refractivity contribution < 1.29 is 17.6 Å². The van der Waals surface area contributed by atoms with E-state index < -0.39 is 16.1 Å². The molecule has 1 aromatic heterocycles. The van der Waals surface area contributed by atoms with Gasteiger partial charge >= 0.3 is 0 Å². The van der Waals surface area contributed by atoms with Gasteiger partial charge in [0.2, 0.25) is 15.9 Å². The highest BCUT2D eigenvalue weighted by atomic mass is 35.5. The lowest BCUT2D eigenvalue weighted by atomic mass is 10.2. The van der Waals surface area contributed by atoms with Crippen molar-refractivity contribution in [2.45, 2.75) is 25.6 Å². The molecule has 0 saturated carbocycles. The summed E-state index contributed by atoms with van der Waals surface area (Å²) in [4.78, 5) is 12.5. The number of hydrogen-bond acceptors (Lipinski definition) is 5. The van der Waals surface area contributed by atoms with Crippen LogP contribution in [0.4, 0.5) is 5.69 Å². The number of carbonyl (C=O) groups excluding carboxylic acids is 1. The van der Waals surface area contributed by atoms with Crippen LogP contribution in [0.3, 0.4) is 0 Å². The molecule has 0 bridgehead atoms. The van der Waals surface area contributed by atoms with Gasteiger partial charge < -0.3 is 9.73 Å². The molecule has 0 unspecified atom stereocenters. The minimum absolute atomic E-state index is 0.364. The van der Waals surface area contributed by atoms with E-state index in [1.807, 2.05) is 19.1 Å². The first-order valence-corrected chi connectivity index (χ1v) is 11.7. The van der Waals surface area contributed by atoms with E-state index in [1.54, 1.807) is 43.1 Å². The molecule has 0 aliphatic heterocycles. The van der Waals surface area contributed by atoms with E-state index in [1.165, 1.54) is 0 Å². The van der Waals surface area contributed by atoms with Crippen molar-refractivity contribution >= 4 is 45.0 Å². The van der Waals surface area contributed by atoms with Gasteiger partial charge in [-0.1, -0.05) is 17.7 Å². The van der Waals surface area contributed by atoms with Crippen LogP contribution in [-0.4, -0.2) is 38.9 Å². The fourth-order valence-electron chi connectivity index (χ4n) is 2.49. The third-order valence-corrected chi connectivity index (χ3v) is 6.50. The Balaban J connectivity index is 1.96. The zero-order chi connectivity index (χ0) is 20.0. The zero-order valence-electron chi connectivity index (χ0n) is 15.4. The van der Waals surface area contributed by atoms with Gasteiger partial charge in [-0.25, -0.2) is 8.42 Å². The lowest BCUT2D eigenvalue weighted by molar-refractivity contribution is -0.121. The Morgan fingerprint density at radius 2 is 2.11 bits per heavy atom. The van der Waals surface area contributed by atoms with E-state index in [0.717, 1.165) is 27.6 Å². The van der Waals surface area contributed by atoms with E-state index >= 15 is 0 Å². The minimum Gasteiger partial charge on any atom is -0.468 e. The Labute approximate surface area is 169 Å². The summed E-state index contributed by atoms with van der Waals surface area (Å²) in [6, 6.07) is 7.76. The molecule has 6 nitrogen and oxygen atoms in total. The van der Waals surface area contributed by atoms with Crippen LogP contribution in [0, 0.1) is 6.92 Å². The van der Waals surface area contributed by atoms with Gasteiger partial charge in [0, 0.05) is 17.3 Å². The van der Waals surface area contributed by atoms with Crippen LogP contribution in [0.2, 0.25) is 5.02 Å². The number of carbonyl (C=O) groups is 1. The second-order valence-electron chi connectivity index (χ2n) is 6.09. The van der Waals surface area contributed by atoms with Gasteiger partial charge in [-0.3, -0.25) is 9.10 Å². The number of furan rings is 1. The van der Waals surface area contributed by atoms with Crippen LogP contribution in [0.1, 0.15) is 18.2 Å². The Kier molecular flexibility index (Phi) is 7.64. The van der Waals surface area contributed by atoms with Crippen LogP contribution in [-0.2, 0) is 20.6 Å². The molecule has 0 spiro atoms. The molecule has 1 N–H and O–H groups in total. The van der Waals surface area contributed by atoms with Crippen molar-refractivity contribution in [3.05, 3.63) is 52.9 Å². The van der Waals surface area contributed by atoms with Gasteiger partial charge in [0.15, 0.2) is 0 Å². The number of sulfonamides is 1. The van der Waals surface area contributed by atoms with Crippen LogP contribution in [0.25, 0.3) is 0 Å². The summed E-state index contributed by atoms with van der Waals surface area (Å²) in [7, 11) is -3.66. The SMILES string of the molecule is Cc1ccc(N([C@@H](C)C(=O)NCCSCc2ccco2)S(C)(=O)=O)cc1Cl. The van der Waals surface area contributed by atoms with Crippen molar-refractivity contribution in [3.63, 3.8) is 0 Å². The number of rotatable bonds is 9. The standard InChI is InChI=1S/C18H23ClN2O4S2/c1-13-6-7-15(11-17(13)19)21(27(3,23)24)14(2)18(22)20-8-10-26-12-16-5-4-9-25-16/h4-7,9,11,14H,8,10,12H2,1-3H3,(H,20,22)/t14-/m0/s1. The lowest BCUT2D eigenvalue weighted by Crippen LogP contribution is -2.48. The maximum absolute atomic E-state index is 12.5. The van der Waals surface area contributed by atoms with Gasteiger partial charge in [-0.15, -0.1) is 0 Å². The molecule has 0 fully saturated rings. The molecule has 0 saturated heterocycles. The monoisotopic (exact) mass is 430 g/mol. The first kappa shape index (κ1) is 21.7. The fourth-order valence-corrected chi connectivity index (χ4v) is 4.59. The van der Waals surface area contributed by atoms with E-state index in [0.29, 0.717) is 23.0 Å². The first-order chi connectivity index (χ1) is 12.7. The van der Waals surface area contributed by atoms with Gasteiger partial charge in [0.05, 0.1) is 24.0 Å². The second kappa shape index (κ2) is 9.52. The molecule has 0 radical (unpaired) electrons. The van der Waals surface area contributed by atoms with Crippen molar-refractivity contribution in [1.82, 2.24) is 5.32 Å². The Bertz CT molecular complexity index is 869. The summed E-state index contributed by atoms with van der Waals surface area (Å²) < 4.78 is 30.9. The summed E-state index contributed by atoms with van der Waals surface area (Å²) in [5.74, 6) is 1.92. The third kappa shape index (κ3) is 6.19. The number of anilines is 1. The number of thioether (sulfide) groups is 1. The van der Waals surface area contributed by atoms with Gasteiger partial charge in [-0.05, 0) is 43.7 Å². The summed E-state index contributed by atoms with van der Waals surface area (Å²) in [6.07, 6.45) is 2.69. The van der Waals surface area contributed by atoms with Crippen molar-refractivity contribution in [1.29, 1.82) is 0 Å². The molecule has 0 aliphatic carbocycles. The molecule has 1 amide bonds. The predicted octanol–water partition coefficient (Wildman–Crippen LogP) is 3.45. The molecule has 2 rings (SSSR count). The topological polar surface area (TPSA) is 79.6 Å². The number of benzene rings is 1. The van der Waals surface area contributed by atoms with Crippen LogP contribution in [0.5, 0.6) is 0 Å². The van der Waals surface area contributed by atoms with Gasteiger partial charge in [0.25, 0.3) is 0 Å².